The molecule has 1 N–H and O–H groups in total. The molecule has 1 aromatic heterocycles. The van der Waals surface area contributed by atoms with Gasteiger partial charge in [-0.2, -0.15) is 0 Å². The molecule has 0 aliphatic rings. The van der Waals surface area contributed by atoms with E-state index in [1.165, 1.54) is 5.56 Å². The van der Waals surface area contributed by atoms with Gasteiger partial charge in [-0.15, -0.1) is 11.8 Å². The third kappa shape index (κ3) is 2.79. The van der Waals surface area contributed by atoms with Gasteiger partial charge in [0.05, 0.1) is 4.20 Å². The molecule has 3 heteroatoms. The average molecular weight is 261 g/mol. The summed E-state index contributed by atoms with van der Waals surface area (Å²) in [6, 6.07) is 12.5. The van der Waals surface area contributed by atoms with Crippen molar-refractivity contribution in [1.29, 1.82) is 0 Å². The fraction of sp³-hybridized carbons (Fsp3) is 0.214. The first-order valence-electron chi connectivity index (χ1n) is 5.64. The predicted molar refractivity (Wildman–Crippen MR) is 80.8 cm³/mol. The minimum absolute atomic E-state index is 0.975. The van der Waals surface area contributed by atoms with Gasteiger partial charge in [-0.25, -0.2) is 0 Å². The summed E-state index contributed by atoms with van der Waals surface area (Å²) < 4.78 is 0.975. The number of hydrogen-bond donors (Lipinski definition) is 1. The zero-order valence-electron chi connectivity index (χ0n) is 9.99. The Balaban J connectivity index is 2.34. The summed E-state index contributed by atoms with van der Waals surface area (Å²) >= 11 is 7.13. The van der Waals surface area contributed by atoms with Crippen molar-refractivity contribution in [2.24, 2.45) is 0 Å². The van der Waals surface area contributed by atoms with Crippen molar-refractivity contribution in [3.8, 4) is 11.3 Å². The Hall–Kier alpha value is -1.06. The second kappa shape index (κ2) is 5.52. The minimum Gasteiger partial charge on any atom is -0.358 e. The normalized spacial score (nSPS) is 10.5. The summed E-state index contributed by atoms with van der Waals surface area (Å²) in [5, 5.41) is 0. The molecule has 17 heavy (non-hydrogen) atoms. The highest BCUT2D eigenvalue weighted by Crippen LogP contribution is 2.24. The number of thioether (sulfide) groups is 1. The van der Waals surface area contributed by atoms with Crippen LogP contribution in [-0.2, 0) is 0 Å². The number of hydrogen-bond acceptors (Lipinski definition) is 2. The van der Waals surface area contributed by atoms with Crippen LogP contribution in [0.25, 0.3) is 11.3 Å². The number of thiocarbonyl (C=S) groups is 1. The van der Waals surface area contributed by atoms with Crippen LogP contribution in [0.2, 0.25) is 0 Å². The molecule has 0 amide bonds. The molecule has 2 rings (SSSR count). The van der Waals surface area contributed by atoms with Crippen LogP contribution >= 0.6 is 24.0 Å². The highest BCUT2D eigenvalue weighted by molar-refractivity contribution is 8.23. The Morgan fingerprint density at radius 2 is 2.00 bits per heavy atom. The number of aryl methyl sites for hydroxylation is 1. The molecular formula is C14H15NS2. The third-order valence-corrected chi connectivity index (χ3v) is 3.94. The Morgan fingerprint density at radius 1 is 1.29 bits per heavy atom. The highest BCUT2D eigenvalue weighted by atomic mass is 32.2. The molecule has 1 nitrogen and oxygen atoms in total. The molecule has 2 aromatic rings. The summed E-state index contributed by atoms with van der Waals surface area (Å²) in [5.41, 5.74) is 4.64. The molecule has 0 spiro atoms. The molecule has 0 unspecified atom stereocenters. The van der Waals surface area contributed by atoms with E-state index in [9.17, 15) is 0 Å². The van der Waals surface area contributed by atoms with Crippen molar-refractivity contribution >= 4 is 28.2 Å². The van der Waals surface area contributed by atoms with Crippen LogP contribution in [-0.4, -0.2) is 14.9 Å². The zero-order chi connectivity index (χ0) is 12.3. The van der Waals surface area contributed by atoms with E-state index < -0.39 is 0 Å². The van der Waals surface area contributed by atoms with E-state index >= 15 is 0 Å². The summed E-state index contributed by atoms with van der Waals surface area (Å²) in [7, 11) is 0. The van der Waals surface area contributed by atoms with Crippen molar-refractivity contribution in [2.45, 2.75) is 13.8 Å². The molecule has 0 aliphatic carbocycles. The molecule has 0 radical (unpaired) electrons. The van der Waals surface area contributed by atoms with Gasteiger partial charge in [0.2, 0.25) is 0 Å². The van der Waals surface area contributed by atoms with Crippen LogP contribution in [0.5, 0.6) is 0 Å². The molecule has 1 aromatic carbocycles. The fourth-order valence-corrected chi connectivity index (χ4v) is 2.95. The SMILES string of the molecule is CCSC(=S)c1cc(-c2ccccc2)[nH]c1C. The van der Waals surface area contributed by atoms with Crippen LogP contribution in [0.1, 0.15) is 18.2 Å². The Labute approximate surface area is 112 Å². The average Bonchev–Trinajstić information content (AvgIpc) is 2.73. The molecule has 0 saturated heterocycles. The smallest absolute Gasteiger partial charge is 0.0796 e. The number of aromatic nitrogens is 1. The van der Waals surface area contributed by atoms with Gasteiger partial charge in [0.25, 0.3) is 0 Å². The maximum atomic E-state index is 5.41. The maximum absolute atomic E-state index is 5.41. The molecule has 0 bridgehead atoms. The molecule has 1 heterocycles. The molecule has 0 aliphatic heterocycles. The first kappa shape index (κ1) is 12.4. The van der Waals surface area contributed by atoms with Crippen molar-refractivity contribution in [1.82, 2.24) is 4.98 Å². The second-order valence-electron chi connectivity index (χ2n) is 3.81. The van der Waals surface area contributed by atoms with E-state index in [0.717, 1.165) is 26.9 Å². The van der Waals surface area contributed by atoms with E-state index in [1.807, 2.05) is 18.2 Å². The van der Waals surface area contributed by atoms with Crippen LogP contribution in [0.3, 0.4) is 0 Å². The largest absolute Gasteiger partial charge is 0.358 e. The van der Waals surface area contributed by atoms with Crippen molar-refractivity contribution < 1.29 is 0 Å². The van der Waals surface area contributed by atoms with E-state index in [2.05, 4.69) is 37.0 Å². The Bertz CT molecular complexity index is 514. The lowest BCUT2D eigenvalue weighted by atomic mass is 10.1. The van der Waals surface area contributed by atoms with Gasteiger partial charge in [0.15, 0.2) is 0 Å². The first-order valence-corrected chi connectivity index (χ1v) is 7.04. The monoisotopic (exact) mass is 261 g/mol. The molecular weight excluding hydrogens is 246 g/mol. The number of benzene rings is 1. The van der Waals surface area contributed by atoms with Crippen LogP contribution in [0, 0.1) is 6.92 Å². The zero-order valence-corrected chi connectivity index (χ0v) is 11.6. The van der Waals surface area contributed by atoms with Gasteiger partial charge in [0, 0.05) is 17.0 Å². The van der Waals surface area contributed by atoms with Gasteiger partial charge in [0.1, 0.15) is 0 Å². The van der Waals surface area contributed by atoms with E-state index in [1.54, 1.807) is 11.8 Å². The van der Waals surface area contributed by atoms with E-state index in [-0.39, 0.29) is 0 Å². The summed E-state index contributed by atoms with van der Waals surface area (Å²) in [4.78, 5) is 3.40. The number of nitrogens with one attached hydrogen (secondary N) is 1. The van der Waals surface area contributed by atoms with Gasteiger partial charge in [-0.3, -0.25) is 0 Å². The van der Waals surface area contributed by atoms with E-state index in [0.29, 0.717) is 0 Å². The van der Waals surface area contributed by atoms with Crippen molar-refractivity contribution in [2.75, 3.05) is 5.75 Å². The Kier molecular flexibility index (Phi) is 4.02. The van der Waals surface area contributed by atoms with Crippen LogP contribution in [0.15, 0.2) is 36.4 Å². The molecule has 0 fully saturated rings. The summed E-state index contributed by atoms with van der Waals surface area (Å²) in [5.74, 6) is 1.02. The van der Waals surface area contributed by atoms with Gasteiger partial charge in [-0.1, -0.05) is 49.5 Å². The predicted octanol–water partition coefficient (Wildman–Crippen LogP) is 4.42. The second-order valence-corrected chi connectivity index (χ2v) is 5.75. The quantitative estimate of drug-likeness (QED) is 0.823. The lowest BCUT2D eigenvalue weighted by molar-refractivity contribution is 1.26. The Morgan fingerprint density at radius 3 is 2.65 bits per heavy atom. The molecule has 0 atom stereocenters. The molecule has 88 valence electrons. The summed E-state index contributed by atoms with van der Waals surface area (Å²) in [6.07, 6.45) is 0. The van der Waals surface area contributed by atoms with Crippen LogP contribution in [0.4, 0.5) is 0 Å². The summed E-state index contributed by atoms with van der Waals surface area (Å²) in [6.45, 7) is 4.20. The first-order chi connectivity index (χ1) is 8.22. The number of rotatable bonds is 3. The number of H-pyrrole nitrogens is 1. The lowest BCUT2D eigenvalue weighted by Crippen LogP contribution is -1.92. The van der Waals surface area contributed by atoms with E-state index in [4.69, 9.17) is 12.2 Å². The third-order valence-electron chi connectivity index (χ3n) is 2.59. The van der Waals surface area contributed by atoms with Gasteiger partial charge in [-0.05, 0) is 24.3 Å². The van der Waals surface area contributed by atoms with Gasteiger partial charge >= 0.3 is 0 Å². The number of aromatic amines is 1. The maximum Gasteiger partial charge on any atom is 0.0796 e. The lowest BCUT2D eigenvalue weighted by Gasteiger charge is -1.98. The topological polar surface area (TPSA) is 15.8 Å². The van der Waals surface area contributed by atoms with Crippen molar-refractivity contribution in [3.63, 3.8) is 0 Å². The fourth-order valence-electron chi connectivity index (χ4n) is 1.75. The van der Waals surface area contributed by atoms with Gasteiger partial charge < -0.3 is 4.98 Å². The molecule has 0 saturated carbocycles. The van der Waals surface area contributed by atoms with Crippen LogP contribution < -0.4 is 0 Å². The minimum atomic E-state index is 0.975. The van der Waals surface area contributed by atoms with Crippen molar-refractivity contribution in [3.05, 3.63) is 47.7 Å². The standard InChI is InChI=1S/C14H15NS2/c1-3-17-14(16)12-9-13(15-10(12)2)11-7-5-4-6-8-11/h4-9,15H,3H2,1-2H3. The highest BCUT2D eigenvalue weighted by Gasteiger charge is 2.10.